The van der Waals surface area contributed by atoms with E-state index >= 15 is 0 Å². The van der Waals surface area contributed by atoms with Crippen molar-refractivity contribution in [2.75, 3.05) is 13.2 Å². The fraction of sp³-hybridized carbons (Fsp3) is 0.455. The number of esters is 1. The average Bonchev–Trinajstić information content (AvgIpc) is 2.59. The quantitative estimate of drug-likeness (QED) is 0.506. The normalized spacial score (nSPS) is 12.7. The number of ether oxygens (including phenoxy) is 3. The molecule has 0 aliphatic heterocycles. The number of amides is 1. The summed E-state index contributed by atoms with van der Waals surface area (Å²) in [5.74, 6) is 0.318. The van der Waals surface area contributed by atoms with Crippen molar-refractivity contribution < 1.29 is 23.8 Å². The molecule has 0 aliphatic carbocycles. The van der Waals surface area contributed by atoms with Crippen LogP contribution >= 0.6 is 0 Å². The summed E-state index contributed by atoms with van der Waals surface area (Å²) in [6, 6.07) is 7.34. The number of rotatable bonds is 9. The average molecular weight is 389 g/mol. The Kier molecular flexibility index (Phi) is 9.28. The minimum Gasteiger partial charge on any atom is -0.486 e. The summed E-state index contributed by atoms with van der Waals surface area (Å²) in [4.78, 5) is 23.6. The number of hydrogen-bond donors (Lipinski definition) is 1. The highest BCUT2D eigenvalue weighted by Gasteiger charge is 2.16. The number of carbonyl (C=O) groups excluding carboxylic acids is 2. The van der Waals surface area contributed by atoms with Gasteiger partial charge in [0, 0.05) is 12.1 Å². The van der Waals surface area contributed by atoms with Crippen LogP contribution in [0.1, 0.15) is 40.2 Å². The first kappa shape index (κ1) is 23.3. The minimum absolute atomic E-state index is 0.148. The van der Waals surface area contributed by atoms with Crippen LogP contribution < -0.4 is 10.1 Å². The third-order valence-electron chi connectivity index (χ3n) is 3.47. The van der Waals surface area contributed by atoms with E-state index in [9.17, 15) is 9.59 Å². The van der Waals surface area contributed by atoms with Crippen LogP contribution in [0.25, 0.3) is 0 Å². The highest BCUT2D eigenvalue weighted by Crippen LogP contribution is 2.21. The lowest BCUT2D eigenvalue weighted by Gasteiger charge is -2.20. The SMILES string of the molecule is C=C/C(=C\C(C)Oc1ccccc1CC(=O)OCC)CNC(=O)OC(C)(C)C. The first-order valence-corrected chi connectivity index (χ1v) is 9.34. The molecule has 1 aromatic carbocycles. The van der Waals surface area contributed by atoms with Crippen molar-refractivity contribution in [3.8, 4) is 5.75 Å². The van der Waals surface area contributed by atoms with Gasteiger partial charge in [0.25, 0.3) is 0 Å². The Morgan fingerprint density at radius 2 is 1.93 bits per heavy atom. The third-order valence-corrected chi connectivity index (χ3v) is 3.47. The van der Waals surface area contributed by atoms with Crippen LogP contribution in [0.3, 0.4) is 0 Å². The van der Waals surface area contributed by atoms with Gasteiger partial charge in [-0.1, -0.05) is 30.9 Å². The first-order chi connectivity index (χ1) is 13.1. The molecule has 154 valence electrons. The second kappa shape index (κ2) is 11.2. The molecule has 0 aliphatic rings. The molecule has 1 unspecified atom stereocenters. The van der Waals surface area contributed by atoms with Crippen molar-refractivity contribution in [3.63, 3.8) is 0 Å². The molecule has 0 fully saturated rings. The van der Waals surface area contributed by atoms with Gasteiger partial charge in [-0.3, -0.25) is 4.79 Å². The molecule has 1 N–H and O–H groups in total. The molecule has 0 saturated heterocycles. The van der Waals surface area contributed by atoms with Crippen molar-refractivity contribution in [1.29, 1.82) is 0 Å². The summed E-state index contributed by atoms with van der Waals surface area (Å²) in [7, 11) is 0. The predicted molar refractivity (Wildman–Crippen MR) is 109 cm³/mol. The summed E-state index contributed by atoms with van der Waals surface area (Å²) >= 11 is 0. The van der Waals surface area contributed by atoms with Crippen molar-refractivity contribution in [2.24, 2.45) is 0 Å². The lowest BCUT2D eigenvalue weighted by atomic mass is 10.1. The van der Waals surface area contributed by atoms with Gasteiger partial charge in [0.1, 0.15) is 17.5 Å². The topological polar surface area (TPSA) is 73.9 Å². The molecule has 0 bridgehead atoms. The van der Waals surface area contributed by atoms with Gasteiger partial charge in [-0.2, -0.15) is 0 Å². The molecule has 0 heterocycles. The van der Waals surface area contributed by atoms with Crippen molar-refractivity contribution >= 4 is 12.1 Å². The Balaban J connectivity index is 2.72. The van der Waals surface area contributed by atoms with Crippen LogP contribution in [0.4, 0.5) is 4.79 Å². The number of carbonyl (C=O) groups is 2. The molecule has 28 heavy (non-hydrogen) atoms. The minimum atomic E-state index is -0.554. The van der Waals surface area contributed by atoms with E-state index in [1.165, 1.54) is 0 Å². The van der Waals surface area contributed by atoms with Crippen LogP contribution in [0.15, 0.2) is 48.6 Å². The first-order valence-electron chi connectivity index (χ1n) is 9.34. The van der Waals surface area contributed by atoms with Crippen molar-refractivity contribution in [3.05, 3.63) is 54.1 Å². The summed E-state index contributed by atoms with van der Waals surface area (Å²) in [5, 5.41) is 2.69. The number of hydrogen-bond acceptors (Lipinski definition) is 5. The Morgan fingerprint density at radius 1 is 1.25 bits per heavy atom. The maximum atomic E-state index is 11.8. The van der Waals surface area contributed by atoms with E-state index in [1.807, 2.05) is 37.3 Å². The van der Waals surface area contributed by atoms with E-state index in [2.05, 4.69) is 11.9 Å². The molecule has 1 aromatic rings. The molecule has 6 heteroatoms. The Labute approximate surface area is 167 Å². The molecule has 1 atom stereocenters. The van der Waals surface area contributed by atoms with Gasteiger partial charge < -0.3 is 19.5 Å². The van der Waals surface area contributed by atoms with E-state index in [1.54, 1.807) is 33.8 Å². The largest absolute Gasteiger partial charge is 0.486 e. The summed E-state index contributed by atoms with van der Waals surface area (Å²) in [6.45, 7) is 13.5. The van der Waals surface area contributed by atoms with Crippen LogP contribution in [-0.2, 0) is 20.7 Å². The smallest absolute Gasteiger partial charge is 0.407 e. The van der Waals surface area contributed by atoms with Crippen LogP contribution in [-0.4, -0.2) is 36.9 Å². The van der Waals surface area contributed by atoms with Gasteiger partial charge in [-0.15, -0.1) is 0 Å². The zero-order valence-electron chi connectivity index (χ0n) is 17.4. The maximum absolute atomic E-state index is 11.8. The van der Waals surface area contributed by atoms with Gasteiger partial charge >= 0.3 is 12.1 Å². The number of alkyl carbamates (subject to hydrolysis) is 1. The van der Waals surface area contributed by atoms with Gasteiger partial charge in [0.2, 0.25) is 0 Å². The van der Waals surface area contributed by atoms with Crippen molar-refractivity contribution in [2.45, 2.75) is 52.7 Å². The molecule has 0 spiro atoms. The van der Waals surface area contributed by atoms with Gasteiger partial charge in [-0.05, 0) is 52.3 Å². The Bertz CT molecular complexity index is 703. The fourth-order valence-corrected chi connectivity index (χ4v) is 2.36. The predicted octanol–water partition coefficient (Wildman–Crippen LogP) is 4.20. The Hall–Kier alpha value is -2.76. The third kappa shape index (κ3) is 9.26. The van der Waals surface area contributed by atoms with E-state index in [0.717, 1.165) is 11.1 Å². The van der Waals surface area contributed by atoms with Gasteiger partial charge in [0.05, 0.1) is 13.0 Å². The number of para-hydroxylation sites is 1. The monoisotopic (exact) mass is 389 g/mol. The van der Waals surface area contributed by atoms with E-state index in [4.69, 9.17) is 14.2 Å². The van der Waals surface area contributed by atoms with E-state index < -0.39 is 11.7 Å². The highest BCUT2D eigenvalue weighted by atomic mass is 16.6. The zero-order valence-corrected chi connectivity index (χ0v) is 17.4. The van der Waals surface area contributed by atoms with Crippen molar-refractivity contribution in [1.82, 2.24) is 5.32 Å². The highest BCUT2D eigenvalue weighted by molar-refractivity contribution is 5.73. The summed E-state index contributed by atoms with van der Waals surface area (Å²) < 4.78 is 16.2. The van der Waals surface area contributed by atoms with E-state index in [-0.39, 0.29) is 25.0 Å². The standard InChI is InChI=1S/C22H31NO5/c1-7-17(15-23-21(25)28-22(4,5)6)13-16(3)27-19-12-10-9-11-18(19)14-20(24)26-8-2/h7,9-13,16H,1,8,14-15H2,2-6H3,(H,23,25)/b17-13+. The summed E-state index contributed by atoms with van der Waals surface area (Å²) in [5.41, 5.74) is 0.996. The second-order valence-corrected chi connectivity index (χ2v) is 7.21. The van der Waals surface area contributed by atoms with E-state index in [0.29, 0.717) is 12.4 Å². The lowest BCUT2D eigenvalue weighted by Crippen LogP contribution is -2.33. The molecule has 0 aromatic heterocycles. The van der Waals surface area contributed by atoms with Crippen LogP contribution in [0.5, 0.6) is 5.75 Å². The molecule has 1 rings (SSSR count). The van der Waals surface area contributed by atoms with Crippen LogP contribution in [0.2, 0.25) is 0 Å². The molecular formula is C22H31NO5. The lowest BCUT2D eigenvalue weighted by molar-refractivity contribution is -0.142. The van der Waals surface area contributed by atoms with Crippen LogP contribution in [0, 0.1) is 0 Å². The molecule has 0 radical (unpaired) electrons. The second-order valence-electron chi connectivity index (χ2n) is 7.21. The molecule has 0 saturated carbocycles. The van der Waals surface area contributed by atoms with Gasteiger partial charge in [-0.25, -0.2) is 4.79 Å². The molecule has 6 nitrogen and oxygen atoms in total. The molecule has 1 amide bonds. The zero-order chi connectivity index (χ0) is 21.2. The molecular weight excluding hydrogens is 358 g/mol. The maximum Gasteiger partial charge on any atom is 0.407 e. The number of benzene rings is 1. The summed E-state index contributed by atoms with van der Waals surface area (Å²) in [6.07, 6.45) is 2.87. The van der Waals surface area contributed by atoms with Gasteiger partial charge in [0.15, 0.2) is 0 Å². The number of nitrogens with one attached hydrogen (secondary N) is 1. The fourth-order valence-electron chi connectivity index (χ4n) is 2.36. The Morgan fingerprint density at radius 3 is 2.54 bits per heavy atom.